The molecule has 1 atom stereocenters. The topological polar surface area (TPSA) is 68.0 Å². The highest BCUT2D eigenvalue weighted by Crippen LogP contribution is 2.39. The van der Waals surface area contributed by atoms with Crippen LogP contribution in [0.25, 0.3) is 0 Å². The predicted octanol–water partition coefficient (Wildman–Crippen LogP) is 2.09. The molecule has 0 radical (unpaired) electrons. The van der Waals surface area contributed by atoms with Gasteiger partial charge in [0, 0.05) is 18.9 Å². The molecule has 0 aliphatic heterocycles. The second kappa shape index (κ2) is 7.08. The van der Waals surface area contributed by atoms with Gasteiger partial charge in [0.2, 0.25) is 0 Å². The van der Waals surface area contributed by atoms with Crippen molar-refractivity contribution in [2.24, 2.45) is 11.7 Å². The molecule has 1 heterocycles. The lowest BCUT2D eigenvalue weighted by atomic mass is 9.95. The number of nitrogens with zero attached hydrogens (tertiary/aromatic N) is 1. The number of nitrogens with one attached hydrogen (secondary N) is 1. The molecular formula is C13H21Cl2N3O. The maximum Gasteiger partial charge on any atom is 0.253 e. The smallest absolute Gasteiger partial charge is 0.253 e. The van der Waals surface area contributed by atoms with Crippen LogP contribution in [-0.2, 0) is 0 Å². The van der Waals surface area contributed by atoms with Gasteiger partial charge in [0.1, 0.15) is 0 Å². The predicted molar refractivity (Wildman–Crippen MR) is 81.1 cm³/mol. The van der Waals surface area contributed by atoms with E-state index in [4.69, 9.17) is 5.73 Å². The summed E-state index contributed by atoms with van der Waals surface area (Å²) in [6, 6.07) is 1.84. The summed E-state index contributed by atoms with van der Waals surface area (Å²) >= 11 is 0. The maximum atomic E-state index is 12.1. The van der Waals surface area contributed by atoms with E-state index in [9.17, 15) is 4.79 Å². The van der Waals surface area contributed by atoms with Crippen molar-refractivity contribution in [2.45, 2.75) is 32.2 Å². The molecule has 108 valence electrons. The third-order valence-corrected chi connectivity index (χ3v) is 3.44. The minimum absolute atomic E-state index is 0. The van der Waals surface area contributed by atoms with E-state index in [-0.39, 0.29) is 36.3 Å². The van der Waals surface area contributed by atoms with Crippen molar-refractivity contribution in [3.05, 3.63) is 29.6 Å². The Balaban J connectivity index is 0.00000162. The second-order valence-corrected chi connectivity index (χ2v) is 5.10. The zero-order valence-electron chi connectivity index (χ0n) is 11.2. The van der Waals surface area contributed by atoms with Crippen molar-refractivity contribution in [3.8, 4) is 0 Å². The fourth-order valence-electron chi connectivity index (χ4n) is 2.05. The van der Waals surface area contributed by atoms with Crippen molar-refractivity contribution in [2.75, 3.05) is 6.54 Å². The molecule has 1 aliphatic rings. The Kier molecular flexibility index (Phi) is 6.77. The lowest BCUT2D eigenvalue weighted by Crippen LogP contribution is -2.53. The molecule has 6 heteroatoms. The molecule has 0 aromatic carbocycles. The molecule has 1 aromatic rings. The molecule has 2 rings (SSSR count). The molecule has 19 heavy (non-hydrogen) atoms. The van der Waals surface area contributed by atoms with Crippen LogP contribution in [0.2, 0.25) is 0 Å². The number of rotatable bonds is 4. The molecule has 1 saturated carbocycles. The lowest BCUT2D eigenvalue weighted by Gasteiger charge is -2.29. The highest BCUT2D eigenvalue weighted by molar-refractivity contribution is 5.94. The van der Waals surface area contributed by atoms with Gasteiger partial charge in [0.25, 0.3) is 5.91 Å². The van der Waals surface area contributed by atoms with Gasteiger partial charge in [0.05, 0.1) is 11.1 Å². The zero-order chi connectivity index (χ0) is 12.5. The fourth-order valence-corrected chi connectivity index (χ4v) is 2.05. The number of carbonyl (C=O) groups is 1. The summed E-state index contributed by atoms with van der Waals surface area (Å²) in [6.45, 7) is 4.42. The van der Waals surface area contributed by atoms with Crippen LogP contribution in [0.5, 0.6) is 0 Å². The highest BCUT2D eigenvalue weighted by Gasteiger charge is 2.41. The number of amides is 1. The van der Waals surface area contributed by atoms with E-state index in [1.165, 1.54) is 0 Å². The number of aryl methyl sites for hydroxylation is 1. The SMILES string of the molecule is Cc1cncc(C(=O)NC(C)(CN)C2CC2)c1.Cl.Cl. The van der Waals surface area contributed by atoms with Crippen LogP contribution in [0.1, 0.15) is 35.7 Å². The van der Waals surface area contributed by atoms with Crippen molar-refractivity contribution in [1.29, 1.82) is 0 Å². The number of nitrogens with two attached hydrogens (primary N) is 1. The number of hydrogen-bond acceptors (Lipinski definition) is 3. The minimum Gasteiger partial charge on any atom is -0.345 e. The van der Waals surface area contributed by atoms with E-state index in [1.807, 2.05) is 19.9 Å². The first kappa shape index (κ1) is 18.2. The quantitative estimate of drug-likeness (QED) is 0.895. The molecule has 3 N–H and O–H groups in total. The van der Waals surface area contributed by atoms with E-state index >= 15 is 0 Å². The summed E-state index contributed by atoms with van der Waals surface area (Å²) in [6.07, 6.45) is 5.63. The second-order valence-electron chi connectivity index (χ2n) is 5.10. The highest BCUT2D eigenvalue weighted by atomic mass is 35.5. The molecule has 1 amide bonds. The molecular weight excluding hydrogens is 285 g/mol. The van der Waals surface area contributed by atoms with Gasteiger partial charge in [-0.05, 0) is 44.2 Å². The summed E-state index contributed by atoms with van der Waals surface area (Å²) in [4.78, 5) is 16.1. The Morgan fingerprint density at radius 3 is 2.58 bits per heavy atom. The Morgan fingerprint density at radius 2 is 2.11 bits per heavy atom. The normalized spacial score (nSPS) is 16.6. The summed E-state index contributed by atoms with van der Waals surface area (Å²) in [5.74, 6) is 0.440. The van der Waals surface area contributed by atoms with E-state index in [1.54, 1.807) is 12.4 Å². The van der Waals surface area contributed by atoms with Gasteiger partial charge in [0.15, 0.2) is 0 Å². The molecule has 0 spiro atoms. The van der Waals surface area contributed by atoms with Crippen LogP contribution >= 0.6 is 24.8 Å². The summed E-state index contributed by atoms with van der Waals surface area (Å²) < 4.78 is 0. The number of halogens is 2. The molecule has 4 nitrogen and oxygen atoms in total. The van der Waals surface area contributed by atoms with Crippen molar-refractivity contribution in [3.63, 3.8) is 0 Å². The first-order valence-corrected chi connectivity index (χ1v) is 5.99. The average Bonchev–Trinajstić information content (AvgIpc) is 3.13. The van der Waals surface area contributed by atoms with Crippen molar-refractivity contribution >= 4 is 30.7 Å². The van der Waals surface area contributed by atoms with Crippen LogP contribution in [0, 0.1) is 12.8 Å². The van der Waals surface area contributed by atoms with E-state index in [0.717, 1.165) is 18.4 Å². The summed E-state index contributed by atoms with van der Waals surface area (Å²) in [7, 11) is 0. The molecule has 1 unspecified atom stereocenters. The van der Waals surface area contributed by atoms with E-state index in [2.05, 4.69) is 10.3 Å². The van der Waals surface area contributed by atoms with Crippen LogP contribution in [-0.4, -0.2) is 23.0 Å². The van der Waals surface area contributed by atoms with Gasteiger partial charge in [-0.1, -0.05) is 0 Å². The fraction of sp³-hybridized carbons (Fsp3) is 0.538. The summed E-state index contributed by atoms with van der Waals surface area (Å²) in [5.41, 5.74) is 7.08. The van der Waals surface area contributed by atoms with Crippen LogP contribution in [0.4, 0.5) is 0 Å². The number of aromatic nitrogens is 1. The maximum absolute atomic E-state index is 12.1. The summed E-state index contributed by atoms with van der Waals surface area (Å²) in [5, 5.41) is 3.04. The standard InChI is InChI=1S/C13H19N3O.2ClH/c1-9-5-10(7-15-6-9)12(17)16-13(2,8-14)11-3-4-11;;/h5-7,11H,3-4,8,14H2,1-2H3,(H,16,17);2*1H. The Morgan fingerprint density at radius 1 is 1.47 bits per heavy atom. The largest absolute Gasteiger partial charge is 0.345 e. The van der Waals surface area contributed by atoms with Crippen LogP contribution < -0.4 is 11.1 Å². The van der Waals surface area contributed by atoms with E-state index in [0.29, 0.717) is 18.0 Å². The average molecular weight is 306 g/mol. The third kappa shape index (κ3) is 4.34. The number of pyridine rings is 1. The van der Waals surface area contributed by atoms with Gasteiger partial charge < -0.3 is 11.1 Å². The Labute approximate surface area is 126 Å². The van der Waals surface area contributed by atoms with Crippen molar-refractivity contribution < 1.29 is 4.79 Å². The molecule has 1 fully saturated rings. The van der Waals surface area contributed by atoms with Gasteiger partial charge in [-0.2, -0.15) is 0 Å². The molecule has 1 aromatic heterocycles. The zero-order valence-corrected chi connectivity index (χ0v) is 12.8. The Hall–Kier alpha value is -0.840. The monoisotopic (exact) mass is 305 g/mol. The lowest BCUT2D eigenvalue weighted by molar-refractivity contribution is 0.0897. The van der Waals surface area contributed by atoms with Gasteiger partial charge >= 0.3 is 0 Å². The number of hydrogen-bond donors (Lipinski definition) is 2. The molecule has 0 saturated heterocycles. The Bertz CT molecular complexity index is 438. The van der Waals surface area contributed by atoms with Gasteiger partial charge in [-0.3, -0.25) is 9.78 Å². The van der Waals surface area contributed by atoms with Gasteiger partial charge in [-0.15, -0.1) is 24.8 Å². The van der Waals surface area contributed by atoms with Crippen LogP contribution in [0.15, 0.2) is 18.5 Å². The molecule has 1 aliphatic carbocycles. The first-order chi connectivity index (χ1) is 8.05. The van der Waals surface area contributed by atoms with Gasteiger partial charge in [-0.25, -0.2) is 0 Å². The number of carbonyl (C=O) groups excluding carboxylic acids is 1. The first-order valence-electron chi connectivity index (χ1n) is 5.99. The third-order valence-electron chi connectivity index (χ3n) is 3.44. The van der Waals surface area contributed by atoms with Crippen molar-refractivity contribution in [1.82, 2.24) is 10.3 Å². The minimum atomic E-state index is -0.277. The van der Waals surface area contributed by atoms with Crippen LogP contribution in [0.3, 0.4) is 0 Å². The molecule has 0 bridgehead atoms. The van der Waals surface area contributed by atoms with E-state index < -0.39 is 0 Å².